The second kappa shape index (κ2) is 64.2. The van der Waals surface area contributed by atoms with Crippen LogP contribution in [-0.2, 0) is 32.7 Å². The van der Waals surface area contributed by atoms with Crippen LogP contribution in [-0.4, -0.2) is 70.0 Å². The fourth-order valence-corrected chi connectivity index (χ4v) is 10.2. The molecule has 0 saturated carbocycles. The Bertz CT molecular complexity index is 1790. The molecule has 484 valence electrons. The Kier molecular flexibility index (Phi) is 61.6. The molecular weight excluding hydrogens is 1060 g/mol. The Labute approximate surface area is 518 Å². The van der Waals surface area contributed by atoms with Crippen molar-refractivity contribution in [3.63, 3.8) is 0 Å². The number of rotatable bonds is 63. The molecule has 0 aliphatic rings. The van der Waals surface area contributed by atoms with Crippen molar-refractivity contribution in [1.29, 1.82) is 0 Å². The lowest BCUT2D eigenvalue weighted by molar-refractivity contribution is -0.870. The Hall–Kier alpha value is -3.33. The molecule has 0 rings (SSSR count). The molecule has 0 aromatic heterocycles. The van der Waals surface area contributed by atoms with Crippen molar-refractivity contribution in [1.82, 2.24) is 0 Å². The first-order valence-electron chi connectivity index (χ1n) is 34.6. The molecule has 0 aromatic carbocycles. The molecule has 0 saturated heterocycles. The van der Waals surface area contributed by atoms with Crippen LogP contribution in [0.1, 0.15) is 296 Å². The van der Waals surface area contributed by atoms with E-state index in [9.17, 15) is 19.0 Å². The second-order valence-corrected chi connectivity index (χ2v) is 25.6. The summed E-state index contributed by atoms with van der Waals surface area (Å²) < 4.78 is 34.3. The zero-order valence-electron chi connectivity index (χ0n) is 55.1. The first-order chi connectivity index (χ1) is 41.0. The molecule has 0 heterocycles. The highest BCUT2D eigenvalue weighted by Gasteiger charge is 2.22. The van der Waals surface area contributed by atoms with Crippen molar-refractivity contribution in [3.05, 3.63) is 109 Å². The predicted molar refractivity (Wildman–Crippen MR) is 360 cm³/mol. The molecule has 0 N–H and O–H groups in total. The monoisotopic (exact) mass is 1190 g/mol. The highest BCUT2D eigenvalue weighted by Crippen LogP contribution is 2.38. The maximum Gasteiger partial charge on any atom is 0.306 e. The van der Waals surface area contributed by atoms with Crippen LogP contribution in [0.4, 0.5) is 0 Å². The van der Waals surface area contributed by atoms with Gasteiger partial charge in [-0.15, -0.1) is 0 Å². The summed E-state index contributed by atoms with van der Waals surface area (Å²) in [5.74, 6) is -0.829. The van der Waals surface area contributed by atoms with E-state index in [0.29, 0.717) is 17.4 Å². The number of carbonyl (C=O) groups is 2. The average Bonchev–Trinajstić information content (AvgIpc) is 3.61. The van der Waals surface area contributed by atoms with Gasteiger partial charge in [-0.2, -0.15) is 0 Å². The SMILES string of the molecule is CC/C=C\C/C=C\C/C=C\C/C=C\C/C=C\C/C=C\C/C=C\C/C=C\CCCCCCCCCCCCCCCCCCC(=O)OC(COC(=O)CCCCCCCCCCC/C=C\CCCCCCCC)COP(=O)([O-])OCC[N+](C)(C)C. The summed E-state index contributed by atoms with van der Waals surface area (Å²) >= 11 is 0. The Morgan fingerprint density at radius 3 is 1.02 bits per heavy atom. The van der Waals surface area contributed by atoms with E-state index in [4.69, 9.17) is 18.5 Å². The molecule has 0 spiro atoms. The number of hydrogen-bond donors (Lipinski definition) is 0. The number of carbonyl (C=O) groups excluding carboxylic acids is 2. The van der Waals surface area contributed by atoms with Crippen molar-refractivity contribution in [2.45, 2.75) is 302 Å². The number of unbranched alkanes of at least 4 members (excludes halogenated alkanes) is 31. The largest absolute Gasteiger partial charge is 0.756 e. The minimum Gasteiger partial charge on any atom is -0.756 e. The molecule has 0 aliphatic heterocycles. The molecule has 0 aromatic rings. The van der Waals surface area contributed by atoms with Gasteiger partial charge >= 0.3 is 11.9 Å². The molecule has 0 radical (unpaired) electrons. The first-order valence-corrected chi connectivity index (χ1v) is 36.1. The van der Waals surface area contributed by atoms with E-state index < -0.39 is 26.5 Å². The van der Waals surface area contributed by atoms with Crippen LogP contribution in [0, 0.1) is 0 Å². The zero-order valence-corrected chi connectivity index (χ0v) is 56.0. The fourth-order valence-electron chi connectivity index (χ4n) is 9.49. The third-order valence-corrected chi connectivity index (χ3v) is 15.7. The Balaban J connectivity index is 4.00. The highest BCUT2D eigenvalue weighted by molar-refractivity contribution is 7.45. The summed E-state index contributed by atoms with van der Waals surface area (Å²) in [7, 11) is 1.17. The molecule has 84 heavy (non-hydrogen) atoms. The van der Waals surface area contributed by atoms with Gasteiger partial charge in [0.1, 0.15) is 19.8 Å². The third-order valence-electron chi connectivity index (χ3n) is 14.8. The highest BCUT2D eigenvalue weighted by atomic mass is 31.2. The number of hydrogen-bond acceptors (Lipinski definition) is 8. The van der Waals surface area contributed by atoms with Crippen LogP contribution in [0.25, 0.3) is 0 Å². The van der Waals surface area contributed by atoms with Crippen molar-refractivity contribution >= 4 is 19.8 Å². The van der Waals surface area contributed by atoms with E-state index in [1.165, 1.54) is 173 Å². The molecule has 0 fully saturated rings. The quantitative estimate of drug-likeness (QED) is 0.0195. The van der Waals surface area contributed by atoms with Gasteiger partial charge < -0.3 is 27.9 Å². The fraction of sp³-hybridized carbons (Fsp3) is 0.730. The van der Waals surface area contributed by atoms with Crippen LogP contribution >= 0.6 is 7.82 Å². The molecular formula is C74H130NO8P. The maximum absolute atomic E-state index is 12.9. The van der Waals surface area contributed by atoms with Crippen molar-refractivity contribution < 1.29 is 42.1 Å². The van der Waals surface area contributed by atoms with Crippen LogP contribution in [0.5, 0.6) is 0 Å². The van der Waals surface area contributed by atoms with Gasteiger partial charge in [0.2, 0.25) is 0 Å². The van der Waals surface area contributed by atoms with E-state index in [1.807, 2.05) is 21.1 Å². The number of ether oxygens (including phenoxy) is 2. The van der Waals surface area contributed by atoms with Gasteiger partial charge in [0.25, 0.3) is 7.82 Å². The molecule has 0 amide bonds. The van der Waals surface area contributed by atoms with E-state index in [-0.39, 0.29) is 32.0 Å². The van der Waals surface area contributed by atoms with E-state index in [1.54, 1.807) is 0 Å². The van der Waals surface area contributed by atoms with Gasteiger partial charge in [-0.1, -0.05) is 290 Å². The minimum atomic E-state index is -4.64. The number of phosphoric acid groups is 1. The van der Waals surface area contributed by atoms with Gasteiger partial charge in [0, 0.05) is 12.8 Å². The van der Waals surface area contributed by atoms with E-state index >= 15 is 0 Å². The number of nitrogens with zero attached hydrogens (tertiary/aromatic N) is 1. The van der Waals surface area contributed by atoms with Crippen molar-refractivity contribution in [3.8, 4) is 0 Å². The molecule has 0 bridgehead atoms. The summed E-state index contributed by atoms with van der Waals surface area (Å²) in [6, 6.07) is 0. The number of quaternary nitrogens is 1. The Morgan fingerprint density at radius 2 is 0.679 bits per heavy atom. The summed E-state index contributed by atoms with van der Waals surface area (Å²) in [6.07, 6.45) is 90.2. The average molecular weight is 1190 g/mol. The first kappa shape index (κ1) is 80.7. The number of likely N-dealkylation sites (N-methyl/N-ethyl adjacent to an activating group) is 1. The van der Waals surface area contributed by atoms with Gasteiger partial charge in [-0.05, 0) is 103 Å². The van der Waals surface area contributed by atoms with Gasteiger partial charge in [-0.25, -0.2) is 0 Å². The minimum absolute atomic E-state index is 0.0331. The molecule has 2 atom stereocenters. The summed E-state index contributed by atoms with van der Waals surface area (Å²) in [5.41, 5.74) is 0. The van der Waals surface area contributed by atoms with Crippen LogP contribution < -0.4 is 4.89 Å². The number of phosphoric ester groups is 1. The Morgan fingerprint density at radius 1 is 0.381 bits per heavy atom. The lowest BCUT2D eigenvalue weighted by Gasteiger charge is -2.28. The van der Waals surface area contributed by atoms with Gasteiger partial charge in [-0.3, -0.25) is 14.2 Å². The molecule has 0 aliphatic carbocycles. The lowest BCUT2D eigenvalue weighted by atomic mass is 10.0. The summed E-state index contributed by atoms with van der Waals surface area (Å²) in [5, 5.41) is 0. The van der Waals surface area contributed by atoms with E-state index in [2.05, 4.69) is 123 Å². The smallest absolute Gasteiger partial charge is 0.306 e. The van der Waals surface area contributed by atoms with E-state index in [0.717, 1.165) is 89.9 Å². The second-order valence-electron chi connectivity index (χ2n) is 24.2. The summed E-state index contributed by atoms with van der Waals surface area (Å²) in [6.45, 7) is 4.14. The van der Waals surface area contributed by atoms with Crippen molar-refractivity contribution in [2.75, 3.05) is 47.5 Å². The van der Waals surface area contributed by atoms with Crippen LogP contribution in [0.15, 0.2) is 109 Å². The number of allylic oxidation sites excluding steroid dienone is 18. The lowest BCUT2D eigenvalue weighted by Crippen LogP contribution is -2.37. The maximum atomic E-state index is 12.9. The topological polar surface area (TPSA) is 111 Å². The standard InChI is InChI=1S/C74H130NO8P/c1-6-8-10-12-14-16-18-20-22-24-26-27-28-29-30-31-32-33-34-35-36-37-38-39-40-41-42-43-44-45-46-47-49-51-53-55-57-59-61-63-65-67-74(77)83-72(71-82-84(78,79)81-69-68-75(3,4)5)70-80-73(76)66-64-62-60-58-56-54-52-50-48-25-23-21-19-17-15-13-11-9-7-2/h8,10,14,16,20-23,26-27,29-30,32-33,35-36,38-39,72H,6-7,9,11-13,15,17-19,24-25,28,31,34,37,40-71H2,1-5H3/b10-8-,16-14-,22-20-,23-21-,27-26-,30-29-,33-32-,36-35-,39-38-. The van der Waals surface area contributed by atoms with Crippen LogP contribution in [0.2, 0.25) is 0 Å². The van der Waals surface area contributed by atoms with Gasteiger partial charge in [0.15, 0.2) is 6.10 Å². The molecule has 10 heteroatoms. The normalized spacial score (nSPS) is 13.8. The van der Waals surface area contributed by atoms with Gasteiger partial charge in [0.05, 0.1) is 27.7 Å². The number of esters is 2. The zero-order chi connectivity index (χ0) is 61.2. The predicted octanol–water partition coefficient (Wildman–Crippen LogP) is 21.9. The molecule has 9 nitrogen and oxygen atoms in total. The molecule has 2 unspecified atom stereocenters. The van der Waals surface area contributed by atoms with Crippen molar-refractivity contribution in [2.24, 2.45) is 0 Å². The summed E-state index contributed by atoms with van der Waals surface area (Å²) in [4.78, 5) is 38.0. The third kappa shape index (κ3) is 67.8. The van der Waals surface area contributed by atoms with Crippen LogP contribution in [0.3, 0.4) is 0 Å².